The largest absolute Gasteiger partial charge is 0.364 e. The third-order valence-electron chi connectivity index (χ3n) is 3.81. The Morgan fingerprint density at radius 2 is 2.15 bits per heavy atom. The zero-order chi connectivity index (χ0) is 14.5. The maximum Gasteiger partial charge on any atom is 0.317 e. The Kier molecular flexibility index (Phi) is 5.19. The van der Waals surface area contributed by atoms with Gasteiger partial charge in [-0.05, 0) is 26.2 Å². The van der Waals surface area contributed by atoms with Crippen molar-refractivity contribution in [3.63, 3.8) is 0 Å². The van der Waals surface area contributed by atoms with Gasteiger partial charge >= 0.3 is 6.03 Å². The summed E-state index contributed by atoms with van der Waals surface area (Å²) < 4.78 is 5.57. The number of hydrogen-bond donors (Lipinski definition) is 3. The van der Waals surface area contributed by atoms with E-state index in [1.54, 1.807) is 4.90 Å². The molecule has 1 unspecified atom stereocenters. The molecule has 3 amide bonds. The molecule has 2 aliphatic heterocycles. The lowest BCUT2D eigenvalue weighted by Crippen LogP contribution is -2.45. The maximum absolute atomic E-state index is 12.1. The van der Waals surface area contributed by atoms with Crippen LogP contribution in [0.3, 0.4) is 0 Å². The molecular weight excluding hydrogens is 260 g/mol. The van der Waals surface area contributed by atoms with Gasteiger partial charge in [0.1, 0.15) is 6.10 Å². The number of nitrogens with one attached hydrogen (secondary N) is 2. The van der Waals surface area contributed by atoms with Crippen LogP contribution in [0.1, 0.15) is 26.2 Å². The van der Waals surface area contributed by atoms with Crippen molar-refractivity contribution >= 4 is 11.9 Å². The number of nitrogens with zero attached hydrogens (tertiary/aromatic N) is 1. The number of carbonyl (C=O) groups is 2. The van der Waals surface area contributed by atoms with Crippen molar-refractivity contribution < 1.29 is 14.3 Å². The molecule has 3 atom stereocenters. The SMILES string of the molecule is CCNC(=O)N1CCC(NC(=O)[C@@H]2CC[C@H](CN)O2)C1. The van der Waals surface area contributed by atoms with Gasteiger partial charge in [0.25, 0.3) is 0 Å². The summed E-state index contributed by atoms with van der Waals surface area (Å²) in [4.78, 5) is 25.5. The zero-order valence-electron chi connectivity index (χ0n) is 11.9. The molecule has 0 saturated carbocycles. The third-order valence-corrected chi connectivity index (χ3v) is 3.81. The molecule has 4 N–H and O–H groups in total. The molecule has 0 aromatic heterocycles. The highest BCUT2D eigenvalue weighted by molar-refractivity contribution is 5.81. The van der Waals surface area contributed by atoms with Crippen LogP contribution in [0.25, 0.3) is 0 Å². The second-order valence-electron chi connectivity index (χ2n) is 5.34. The van der Waals surface area contributed by atoms with E-state index in [1.165, 1.54) is 0 Å². The molecule has 2 fully saturated rings. The van der Waals surface area contributed by atoms with E-state index in [-0.39, 0.29) is 30.2 Å². The van der Waals surface area contributed by atoms with Crippen LogP contribution in [0, 0.1) is 0 Å². The molecule has 114 valence electrons. The molecule has 2 saturated heterocycles. The first-order valence-electron chi connectivity index (χ1n) is 7.32. The predicted molar refractivity (Wildman–Crippen MR) is 74.1 cm³/mol. The molecule has 0 aromatic carbocycles. The van der Waals surface area contributed by atoms with Crippen LogP contribution >= 0.6 is 0 Å². The van der Waals surface area contributed by atoms with Crippen LogP contribution in [-0.4, -0.2) is 61.3 Å². The normalized spacial score (nSPS) is 29.5. The Hall–Kier alpha value is -1.34. The van der Waals surface area contributed by atoms with Gasteiger partial charge in [0.15, 0.2) is 0 Å². The van der Waals surface area contributed by atoms with E-state index in [2.05, 4.69) is 10.6 Å². The average molecular weight is 284 g/mol. The van der Waals surface area contributed by atoms with E-state index in [1.807, 2.05) is 6.92 Å². The van der Waals surface area contributed by atoms with Gasteiger partial charge in [-0.2, -0.15) is 0 Å². The third kappa shape index (κ3) is 3.61. The average Bonchev–Trinajstić information content (AvgIpc) is 3.07. The number of rotatable bonds is 4. The summed E-state index contributed by atoms with van der Waals surface area (Å²) in [5, 5.41) is 5.73. The van der Waals surface area contributed by atoms with Gasteiger partial charge in [0.2, 0.25) is 5.91 Å². The quantitative estimate of drug-likeness (QED) is 0.643. The fraction of sp³-hybridized carbons (Fsp3) is 0.846. The Morgan fingerprint density at radius 3 is 2.80 bits per heavy atom. The molecular formula is C13H24N4O3. The van der Waals surface area contributed by atoms with Gasteiger partial charge in [-0.25, -0.2) is 4.79 Å². The summed E-state index contributed by atoms with van der Waals surface area (Å²) in [6, 6.07) is -0.0461. The summed E-state index contributed by atoms with van der Waals surface area (Å²) in [5.74, 6) is -0.0799. The molecule has 0 bridgehead atoms. The van der Waals surface area contributed by atoms with Crippen LogP contribution < -0.4 is 16.4 Å². The van der Waals surface area contributed by atoms with Gasteiger partial charge in [0.05, 0.1) is 6.10 Å². The molecule has 0 spiro atoms. The number of urea groups is 1. The predicted octanol–water partition coefficient (Wildman–Crippen LogP) is -0.587. The van der Waals surface area contributed by atoms with Crippen LogP contribution in [0.4, 0.5) is 4.79 Å². The number of likely N-dealkylation sites (tertiary alicyclic amines) is 1. The molecule has 20 heavy (non-hydrogen) atoms. The molecule has 0 aromatic rings. The van der Waals surface area contributed by atoms with Crippen LogP contribution in [0.2, 0.25) is 0 Å². The molecule has 2 aliphatic rings. The first-order valence-corrected chi connectivity index (χ1v) is 7.32. The minimum Gasteiger partial charge on any atom is -0.364 e. The monoisotopic (exact) mass is 284 g/mol. The summed E-state index contributed by atoms with van der Waals surface area (Å²) in [6.07, 6.45) is 1.96. The summed E-state index contributed by atoms with van der Waals surface area (Å²) >= 11 is 0. The van der Waals surface area contributed by atoms with Crippen molar-refractivity contribution in [2.45, 2.75) is 44.4 Å². The Labute approximate surface area is 119 Å². The highest BCUT2D eigenvalue weighted by Gasteiger charge is 2.33. The van der Waals surface area contributed by atoms with Gasteiger partial charge in [-0.1, -0.05) is 0 Å². The van der Waals surface area contributed by atoms with Crippen LogP contribution in [0.5, 0.6) is 0 Å². The molecule has 2 heterocycles. The summed E-state index contributed by atoms with van der Waals surface area (Å²) in [5.41, 5.74) is 5.53. The van der Waals surface area contributed by atoms with Crippen molar-refractivity contribution in [3.8, 4) is 0 Å². The maximum atomic E-state index is 12.1. The summed E-state index contributed by atoms with van der Waals surface area (Å²) in [6.45, 7) is 4.19. The Bertz CT molecular complexity index is 364. The second-order valence-corrected chi connectivity index (χ2v) is 5.34. The zero-order valence-corrected chi connectivity index (χ0v) is 11.9. The fourth-order valence-corrected chi connectivity index (χ4v) is 2.69. The number of amides is 3. The Balaban J connectivity index is 1.75. The van der Waals surface area contributed by atoms with Crippen molar-refractivity contribution in [2.24, 2.45) is 5.73 Å². The number of carbonyl (C=O) groups excluding carboxylic acids is 2. The van der Waals surface area contributed by atoms with E-state index in [0.29, 0.717) is 26.2 Å². The van der Waals surface area contributed by atoms with Gasteiger partial charge in [-0.15, -0.1) is 0 Å². The van der Waals surface area contributed by atoms with Crippen LogP contribution in [0.15, 0.2) is 0 Å². The fourth-order valence-electron chi connectivity index (χ4n) is 2.69. The first kappa shape index (κ1) is 15.1. The van der Waals surface area contributed by atoms with E-state index in [0.717, 1.165) is 19.3 Å². The topological polar surface area (TPSA) is 96.7 Å². The minimum atomic E-state index is -0.387. The smallest absolute Gasteiger partial charge is 0.317 e. The molecule has 2 rings (SSSR count). The van der Waals surface area contributed by atoms with E-state index >= 15 is 0 Å². The minimum absolute atomic E-state index is 0.00107. The highest BCUT2D eigenvalue weighted by atomic mass is 16.5. The van der Waals surface area contributed by atoms with Gasteiger partial charge < -0.3 is 26.0 Å². The summed E-state index contributed by atoms with van der Waals surface area (Å²) in [7, 11) is 0. The standard InChI is InChI=1S/C13H24N4O3/c1-2-15-13(19)17-6-5-9(8-17)16-12(18)11-4-3-10(7-14)20-11/h9-11H,2-8,14H2,1H3,(H,15,19)(H,16,18)/t9?,10-,11+/m1/s1. The lowest BCUT2D eigenvalue weighted by molar-refractivity contribution is -0.132. The van der Waals surface area contributed by atoms with Gasteiger partial charge in [0, 0.05) is 32.2 Å². The second kappa shape index (κ2) is 6.90. The van der Waals surface area contributed by atoms with Crippen molar-refractivity contribution in [2.75, 3.05) is 26.2 Å². The molecule has 0 aliphatic carbocycles. The Morgan fingerprint density at radius 1 is 1.35 bits per heavy atom. The number of ether oxygens (including phenoxy) is 1. The van der Waals surface area contributed by atoms with E-state index in [4.69, 9.17) is 10.5 Å². The lowest BCUT2D eigenvalue weighted by atomic mass is 10.1. The molecule has 7 nitrogen and oxygen atoms in total. The highest BCUT2D eigenvalue weighted by Crippen LogP contribution is 2.19. The van der Waals surface area contributed by atoms with Crippen molar-refractivity contribution in [3.05, 3.63) is 0 Å². The van der Waals surface area contributed by atoms with Crippen LogP contribution in [-0.2, 0) is 9.53 Å². The lowest BCUT2D eigenvalue weighted by Gasteiger charge is -2.19. The number of nitrogens with two attached hydrogens (primary N) is 1. The first-order chi connectivity index (χ1) is 9.63. The van der Waals surface area contributed by atoms with E-state index < -0.39 is 0 Å². The molecule has 7 heteroatoms. The van der Waals surface area contributed by atoms with Crippen molar-refractivity contribution in [1.82, 2.24) is 15.5 Å². The molecule has 0 radical (unpaired) electrons. The van der Waals surface area contributed by atoms with Gasteiger partial charge in [-0.3, -0.25) is 4.79 Å². The number of hydrogen-bond acceptors (Lipinski definition) is 4. The van der Waals surface area contributed by atoms with Crippen molar-refractivity contribution in [1.29, 1.82) is 0 Å². The van der Waals surface area contributed by atoms with E-state index in [9.17, 15) is 9.59 Å².